The summed E-state index contributed by atoms with van der Waals surface area (Å²) in [4.78, 5) is 134. The molecule has 4 fully saturated rings. The van der Waals surface area contributed by atoms with Gasteiger partial charge in [0.2, 0.25) is 5.91 Å². The molecule has 14 rings (SSSR count). The number of hydrogen-bond acceptors (Lipinski definition) is 22. The first-order valence-corrected chi connectivity index (χ1v) is 39.2. The summed E-state index contributed by atoms with van der Waals surface area (Å²) in [6, 6.07) is 33.5. The summed E-state index contributed by atoms with van der Waals surface area (Å²) < 4.78 is 50.6. The Bertz CT molecular complexity index is 5120. The Kier molecular flexibility index (Phi) is 25.3. The van der Waals surface area contributed by atoms with Crippen LogP contribution in [0.4, 0.5) is 29.7 Å². The number of carboxylic acids is 1. The van der Waals surface area contributed by atoms with Gasteiger partial charge in [-0.15, -0.1) is 22.7 Å². The van der Waals surface area contributed by atoms with Crippen molar-refractivity contribution in [2.24, 2.45) is 15.4 Å². The van der Waals surface area contributed by atoms with Gasteiger partial charge in [-0.2, -0.15) is 0 Å². The molecule has 4 saturated heterocycles. The molecule has 5 N–H and O–H groups in total. The fraction of sp³-hybridized carbons (Fsp3) is 0.309. The number of piperazine rings is 2. The molecule has 598 valence electrons. The van der Waals surface area contributed by atoms with Gasteiger partial charge in [0.25, 0.3) is 11.8 Å². The Morgan fingerprint density at radius 3 is 1.37 bits per heavy atom. The number of methoxy groups -OCH3 is 2. The Morgan fingerprint density at radius 2 is 0.991 bits per heavy atom. The molecule has 6 aliphatic rings. The van der Waals surface area contributed by atoms with E-state index in [0.29, 0.717) is 169 Å². The number of carboxylic acid groups (broad SMARTS) is 1. The van der Waals surface area contributed by atoms with E-state index in [2.05, 4.69) is 41.0 Å². The van der Waals surface area contributed by atoms with Gasteiger partial charge in [0.1, 0.15) is 46.7 Å². The number of benzene rings is 6. The van der Waals surface area contributed by atoms with Crippen molar-refractivity contribution in [3.05, 3.63) is 233 Å². The molecular formula is C81H81Cl2F2N15O13S2. The standard InChI is InChI=1S/C41H42ClFN8O6S.C40H39ClFN7O7S/c1-48(2)34(52)5-4-16-44-38(53)25-6-11-29(12-7-25)57-30-13-9-27(10-14-30)51-23-28-22-49(18-19-50(28)41(51)55)24-33-35(40(54)56-3)36(31-15-8-26(43)21-32(31)42)47-37(46-33)39-45-17-20-58-39;1-40(2,38(52)53)22-44-35(50)23-4-9-27(10-5-23)56-28-11-7-25(8-12-28)49-20-26-19-47(15-16-48(26)39(49)54)21-31-32(37(51)55-3)33(29-13-6-24(42)18-30(29)41)46-34(45-31)36-43-14-17-57-36/h6-15,17,20-21,28,36H,4-5,16,18-19,22-24H2,1-3H3,(H,44,53)(H,46,47);4-14,17-18,26,33H,15-16,19-22H2,1-3H3,(H,44,50)(H,45,46)(H,52,53)/t28-,36-;26-,33-/m00/s1. The van der Waals surface area contributed by atoms with Crippen LogP contribution < -0.4 is 40.5 Å². The van der Waals surface area contributed by atoms with E-state index in [1.165, 1.54) is 92.0 Å². The summed E-state index contributed by atoms with van der Waals surface area (Å²) in [6.45, 7) is 8.08. The molecule has 4 atom stereocenters. The molecule has 0 aliphatic carbocycles. The number of thiazole rings is 2. The SMILES string of the molecule is COC(=O)C1=C(CN2CCN3C(=O)N(c4ccc(Oc5ccc(C(=O)NCC(C)(C)C(=O)O)cc5)cc4)C[C@@H]3C2)NC(c2nccs2)=N[C@H]1c1ccc(F)cc1Cl.COC(=O)C1=C(CN2CCN3C(=O)N(c4ccc(Oc5ccc(C(=O)NCCCC(=O)N(C)C)cc5)cc4)C[C@@H]3C2)NC(c2nccs2)=N[C@H]1c1ccc(F)cc1Cl. The van der Waals surface area contributed by atoms with E-state index in [9.17, 15) is 52.2 Å². The number of carbonyl (C=O) groups excluding carboxylic acids is 7. The van der Waals surface area contributed by atoms with E-state index in [0.717, 1.165) is 5.69 Å². The highest BCUT2D eigenvalue weighted by Gasteiger charge is 2.45. The van der Waals surface area contributed by atoms with Crippen molar-refractivity contribution in [1.29, 1.82) is 0 Å². The lowest BCUT2D eigenvalue weighted by atomic mass is 9.94. The van der Waals surface area contributed by atoms with Gasteiger partial charge in [0, 0.05) is 177 Å². The fourth-order valence-corrected chi connectivity index (χ4v) is 15.6. The number of aliphatic carboxylic acids is 1. The number of nitrogens with one attached hydrogen (secondary N) is 4. The Hall–Kier alpha value is -11.7. The van der Waals surface area contributed by atoms with Gasteiger partial charge in [-0.1, -0.05) is 35.3 Å². The van der Waals surface area contributed by atoms with Crippen molar-refractivity contribution >= 4 is 117 Å². The largest absolute Gasteiger partial charge is 0.481 e. The van der Waals surface area contributed by atoms with Crippen LogP contribution in [0.5, 0.6) is 23.0 Å². The highest BCUT2D eigenvalue weighted by atomic mass is 35.5. The highest BCUT2D eigenvalue weighted by molar-refractivity contribution is 7.12. The number of nitrogens with zero attached hydrogens (tertiary/aromatic N) is 11. The molecule has 8 heterocycles. The van der Waals surface area contributed by atoms with Crippen LogP contribution in [-0.4, -0.2) is 218 Å². The number of aliphatic imine (C=N–C) groups is 2. The molecule has 8 aromatic rings. The molecule has 2 aromatic heterocycles. The molecule has 0 unspecified atom stereocenters. The minimum atomic E-state index is -1.10. The van der Waals surface area contributed by atoms with Gasteiger partial charge in [-0.25, -0.2) is 37.9 Å². The van der Waals surface area contributed by atoms with Crippen molar-refractivity contribution in [2.45, 2.75) is 50.9 Å². The van der Waals surface area contributed by atoms with Crippen LogP contribution in [0.15, 0.2) is 189 Å². The monoisotopic (exact) mass is 1640 g/mol. The zero-order valence-electron chi connectivity index (χ0n) is 63.3. The molecule has 0 radical (unpaired) electrons. The predicted octanol–water partition coefficient (Wildman–Crippen LogP) is 11.2. The zero-order chi connectivity index (χ0) is 81.4. The molecule has 6 aliphatic heterocycles. The van der Waals surface area contributed by atoms with Crippen molar-refractivity contribution in [2.75, 3.05) is 117 Å². The maximum absolute atomic E-state index is 14.1. The van der Waals surface area contributed by atoms with Crippen LogP contribution >= 0.6 is 45.9 Å². The van der Waals surface area contributed by atoms with Crippen LogP contribution in [0.25, 0.3) is 0 Å². The average Bonchev–Trinajstić information content (AvgIpc) is 1.78. The second-order valence-corrected chi connectivity index (χ2v) is 31.1. The first-order chi connectivity index (χ1) is 55.3. The molecule has 7 amide bonds. The number of carbonyl (C=O) groups is 8. The Balaban J connectivity index is 0.000000200. The lowest BCUT2D eigenvalue weighted by Gasteiger charge is -2.38. The summed E-state index contributed by atoms with van der Waals surface area (Å²) in [6.07, 6.45) is 4.24. The summed E-state index contributed by atoms with van der Waals surface area (Å²) >= 11 is 15.8. The number of esters is 2. The van der Waals surface area contributed by atoms with E-state index in [1.807, 2.05) is 44.8 Å². The number of rotatable bonds is 25. The molecular weight excluding hydrogens is 1560 g/mol. The Labute approximate surface area is 678 Å². The highest BCUT2D eigenvalue weighted by Crippen LogP contribution is 2.41. The molecule has 0 saturated carbocycles. The molecule has 115 heavy (non-hydrogen) atoms. The number of urea groups is 2. The summed E-state index contributed by atoms with van der Waals surface area (Å²) in [5, 5.41) is 26.5. The van der Waals surface area contributed by atoms with Crippen molar-refractivity contribution in [3.63, 3.8) is 0 Å². The number of amidine groups is 2. The van der Waals surface area contributed by atoms with Gasteiger partial charge >= 0.3 is 30.0 Å². The number of anilines is 2. The molecule has 6 aromatic carbocycles. The molecule has 34 heteroatoms. The van der Waals surface area contributed by atoms with Crippen molar-refractivity contribution in [1.82, 2.24) is 55.7 Å². The second-order valence-electron chi connectivity index (χ2n) is 28.5. The van der Waals surface area contributed by atoms with Crippen LogP contribution in [-0.2, 0) is 28.7 Å². The second kappa shape index (κ2) is 35.8. The van der Waals surface area contributed by atoms with E-state index in [1.54, 1.807) is 109 Å². The quantitative estimate of drug-likeness (QED) is 0.0262. The lowest BCUT2D eigenvalue weighted by molar-refractivity contribution is -0.146. The van der Waals surface area contributed by atoms with Gasteiger partial charge in [-0.3, -0.25) is 48.8 Å². The van der Waals surface area contributed by atoms with Crippen molar-refractivity contribution in [3.8, 4) is 23.0 Å². The van der Waals surface area contributed by atoms with Gasteiger partial charge < -0.3 is 60.0 Å². The van der Waals surface area contributed by atoms with Gasteiger partial charge in [-0.05, 0) is 142 Å². The zero-order valence-corrected chi connectivity index (χ0v) is 66.5. The van der Waals surface area contributed by atoms with Crippen LogP contribution in [0.1, 0.15) is 80.6 Å². The smallest absolute Gasteiger partial charge is 0.338 e. The van der Waals surface area contributed by atoms with Gasteiger partial charge in [0.15, 0.2) is 21.7 Å². The maximum atomic E-state index is 14.1. The number of fused-ring (bicyclic) bond motifs is 2. The summed E-state index contributed by atoms with van der Waals surface area (Å²) in [7, 11) is 6.00. The Morgan fingerprint density at radius 1 is 0.583 bits per heavy atom. The first kappa shape index (κ1) is 81.3. The molecule has 0 spiro atoms. The minimum absolute atomic E-state index is 0.0164. The van der Waals surface area contributed by atoms with E-state index in [4.69, 9.17) is 52.1 Å². The fourth-order valence-electron chi connectivity index (χ4n) is 13.9. The summed E-state index contributed by atoms with van der Waals surface area (Å²) in [5.41, 5.74) is 3.70. The average molecular weight is 1650 g/mol. The summed E-state index contributed by atoms with van der Waals surface area (Å²) in [5.74, 6) is -0.771. The topological polar surface area (TPSA) is 315 Å². The third-order valence-electron chi connectivity index (χ3n) is 20.1. The maximum Gasteiger partial charge on any atom is 0.338 e. The predicted molar refractivity (Wildman–Crippen MR) is 429 cm³/mol. The number of aromatic nitrogens is 2. The van der Waals surface area contributed by atoms with Gasteiger partial charge in [0.05, 0.1) is 42.9 Å². The van der Waals surface area contributed by atoms with Crippen LogP contribution in [0.3, 0.4) is 0 Å². The normalized spacial score (nSPS) is 18.2. The van der Waals surface area contributed by atoms with Crippen LogP contribution in [0.2, 0.25) is 10.0 Å². The number of ether oxygens (including phenoxy) is 4. The van der Waals surface area contributed by atoms with E-state index in [-0.39, 0.29) is 69.6 Å². The third kappa shape index (κ3) is 18.9. The lowest BCUT2D eigenvalue weighted by Crippen LogP contribution is -2.53. The van der Waals surface area contributed by atoms with E-state index >= 15 is 0 Å². The minimum Gasteiger partial charge on any atom is -0.481 e. The van der Waals surface area contributed by atoms with Crippen molar-refractivity contribution < 1.29 is 71.2 Å². The third-order valence-corrected chi connectivity index (χ3v) is 22.3. The molecule has 28 nitrogen and oxygen atoms in total. The molecule has 0 bridgehead atoms. The van der Waals surface area contributed by atoms with E-state index < -0.39 is 47.0 Å². The van der Waals surface area contributed by atoms with Crippen LogP contribution in [0, 0.1) is 17.0 Å². The first-order valence-electron chi connectivity index (χ1n) is 36.7. The number of amides is 7. The number of halogens is 4. The number of hydrogen-bond donors (Lipinski definition) is 5.